The lowest BCUT2D eigenvalue weighted by atomic mass is 10.2. The highest BCUT2D eigenvalue weighted by atomic mass is 32.2. The van der Waals surface area contributed by atoms with Crippen LogP contribution in [0.3, 0.4) is 0 Å². The van der Waals surface area contributed by atoms with Gasteiger partial charge in [-0.3, -0.25) is 0 Å². The molecular weight excluding hydrogens is 278 g/mol. The first-order valence-corrected chi connectivity index (χ1v) is 7.55. The second-order valence-electron chi connectivity index (χ2n) is 4.77. The fraction of sp³-hybridized carbons (Fsp3) is 0.118. The van der Waals surface area contributed by atoms with Crippen LogP contribution in [-0.2, 0) is 6.54 Å². The van der Waals surface area contributed by atoms with Gasteiger partial charge in [-0.15, -0.1) is 0 Å². The molecule has 21 heavy (non-hydrogen) atoms. The van der Waals surface area contributed by atoms with Crippen molar-refractivity contribution in [2.75, 3.05) is 7.05 Å². The molecule has 0 fully saturated rings. The second-order valence-corrected chi connectivity index (χ2v) is 5.85. The monoisotopic (exact) mass is 293 g/mol. The van der Waals surface area contributed by atoms with Crippen molar-refractivity contribution in [3.05, 3.63) is 59.8 Å². The molecular formula is C17H15N3S. The van der Waals surface area contributed by atoms with E-state index in [2.05, 4.69) is 40.6 Å². The lowest BCUT2D eigenvalue weighted by Gasteiger charge is -2.07. The largest absolute Gasteiger partial charge is 0.360 e. The normalized spacial score (nSPS) is 10.7. The fourth-order valence-electron chi connectivity index (χ4n) is 2.31. The van der Waals surface area contributed by atoms with Gasteiger partial charge in [0.15, 0.2) is 0 Å². The van der Waals surface area contributed by atoms with E-state index in [-0.39, 0.29) is 0 Å². The number of nitrogens with zero attached hydrogens (tertiary/aromatic N) is 1. The minimum Gasteiger partial charge on any atom is -0.360 e. The summed E-state index contributed by atoms with van der Waals surface area (Å²) in [4.78, 5) is 5.67. The van der Waals surface area contributed by atoms with Crippen molar-refractivity contribution in [2.24, 2.45) is 0 Å². The van der Waals surface area contributed by atoms with Gasteiger partial charge in [0.05, 0.1) is 11.6 Å². The minimum atomic E-state index is 0.677. The third kappa shape index (κ3) is 2.80. The topological polar surface area (TPSA) is 51.6 Å². The average molecular weight is 293 g/mol. The van der Waals surface area contributed by atoms with Crippen LogP contribution in [0.25, 0.3) is 10.9 Å². The lowest BCUT2D eigenvalue weighted by Crippen LogP contribution is -2.05. The SMILES string of the molecule is CNCc1ccccc1Sc1c[nH]c2cc(C#N)ccc12. The zero-order valence-corrected chi connectivity index (χ0v) is 12.5. The molecule has 0 aliphatic rings. The summed E-state index contributed by atoms with van der Waals surface area (Å²) < 4.78 is 0. The number of nitrogens with one attached hydrogen (secondary N) is 2. The molecule has 0 aliphatic heterocycles. The first kappa shape index (κ1) is 13.7. The standard InChI is InChI=1S/C17H15N3S/c1-19-10-13-4-2-3-5-16(13)21-17-11-20-15-8-12(9-18)6-7-14(15)17/h2-8,11,19-20H,10H2,1H3. The van der Waals surface area contributed by atoms with Gasteiger partial charge in [0, 0.05) is 33.4 Å². The summed E-state index contributed by atoms with van der Waals surface area (Å²) in [6.07, 6.45) is 2.01. The second kappa shape index (κ2) is 6.04. The molecule has 2 aromatic carbocycles. The van der Waals surface area contributed by atoms with Gasteiger partial charge in [-0.1, -0.05) is 36.0 Å². The number of fused-ring (bicyclic) bond motifs is 1. The molecule has 1 heterocycles. The Kier molecular flexibility index (Phi) is 3.96. The minimum absolute atomic E-state index is 0.677. The average Bonchev–Trinajstić information content (AvgIpc) is 2.91. The highest BCUT2D eigenvalue weighted by molar-refractivity contribution is 7.99. The number of hydrogen-bond acceptors (Lipinski definition) is 3. The van der Waals surface area contributed by atoms with Gasteiger partial charge < -0.3 is 10.3 Å². The van der Waals surface area contributed by atoms with Crippen molar-refractivity contribution in [3.8, 4) is 6.07 Å². The van der Waals surface area contributed by atoms with Crippen LogP contribution in [-0.4, -0.2) is 12.0 Å². The van der Waals surface area contributed by atoms with E-state index in [4.69, 9.17) is 5.26 Å². The predicted molar refractivity (Wildman–Crippen MR) is 86.3 cm³/mol. The third-order valence-corrected chi connectivity index (χ3v) is 4.51. The lowest BCUT2D eigenvalue weighted by molar-refractivity contribution is 0.803. The van der Waals surface area contributed by atoms with Crippen LogP contribution in [0.4, 0.5) is 0 Å². The molecule has 104 valence electrons. The maximum Gasteiger partial charge on any atom is 0.0992 e. The summed E-state index contributed by atoms with van der Waals surface area (Å²) in [5, 5.41) is 13.3. The third-order valence-electron chi connectivity index (χ3n) is 3.33. The van der Waals surface area contributed by atoms with Crippen LogP contribution in [0.1, 0.15) is 11.1 Å². The van der Waals surface area contributed by atoms with Gasteiger partial charge >= 0.3 is 0 Å². The van der Waals surface area contributed by atoms with Crippen LogP contribution in [0.15, 0.2) is 58.5 Å². The zero-order chi connectivity index (χ0) is 14.7. The van der Waals surface area contributed by atoms with Crippen molar-refractivity contribution < 1.29 is 0 Å². The molecule has 0 saturated carbocycles. The fourth-order valence-corrected chi connectivity index (χ4v) is 3.37. The Morgan fingerprint density at radius 3 is 2.86 bits per heavy atom. The Hall–Kier alpha value is -2.22. The highest BCUT2D eigenvalue weighted by Gasteiger charge is 2.08. The smallest absolute Gasteiger partial charge is 0.0992 e. The Bertz CT molecular complexity index is 814. The van der Waals surface area contributed by atoms with E-state index in [1.54, 1.807) is 11.8 Å². The Morgan fingerprint density at radius 2 is 2.05 bits per heavy atom. The summed E-state index contributed by atoms with van der Waals surface area (Å²) in [5.74, 6) is 0. The number of benzene rings is 2. The molecule has 0 radical (unpaired) electrons. The Labute approximate surface area is 128 Å². The number of aromatic amines is 1. The molecule has 1 aromatic heterocycles. The number of aromatic nitrogens is 1. The quantitative estimate of drug-likeness (QED) is 0.767. The molecule has 0 saturated heterocycles. The van der Waals surface area contributed by atoms with Gasteiger partial charge in [-0.25, -0.2) is 0 Å². The predicted octanol–water partition coefficient (Wildman–Crippen LogP) is 3.91. The number of rotatable bonds is 4. The Balaban J connectivity index is 1.97. The summed E-state index contributed by atoms with van der Waals surface area (Å²) in [6.45, 7) is 0.851. The summed E-state index contributed by atoms with van der Waals surface area (Å²) in [7, 11) is 1.95. The molecule has 0 spiro atoms. The molecule has 0 unspecified atom stereocenters. The molecule has 3 aromatic rings. The van der Waals surface area contributed by atoms with E-state index in [1.807, 2.05) is 31.4 Å². The van der Waals surface area contributed by atoms with Crippen molar-refractivity contribution in [3.63, 3.8) is 0 Å². The van der Waals surface area contributed by atoms with Crippen LogP contribution >= 0.6 is 11.8 Å². The van der Waals surface area contributed by atoms with Gasteiger partial charge in [0.25, 0.3) is 0 Å². The number of hydrogen-bond donors (Lipinski definition) is 2. The van der Waals surface area contributed by atoms with Crippen LogP contribution in [0, 0.1) is 11.3 Å². The van der Waals surface area contributed by atoms with Crippen molar-refractivity contribution in [1.82, 2.24) is 10.3 Å². The molecule has 2 N–H and O–H groups in total. The van der Waals surface area contributed by atoms with Crippen molar-refractivity contribution in [2.45, 2.75) is 16.3 Å². The molecule has 0 aliphatic carbocycles. The van der Waals surface area contributed by atoms with E-state index < -0.39 is 0 Å². The van der Waals surface area contributed by atoms with Crippen LogP contribution in [0.2, 0.25) is 0 Å². The maximum absolute atomic E-state index is 8.96. The van der Waals surface area contributed by atoms with Crippen LogP contribution < -0.4 is 5.32 Å². The zero-order valence-electron chi connectivity index (χ0n) is 11.7. The van der Waals surface area contributed by atoms with E-state index in [9.17, 15) is 0 Å². The molecule has 3 rings (SSSR count). The summed E-state index contributed by atoms with van der Waals surface area (Å²) in [6, 6.07) is 16.3. The maximum atomic E-state index is 8.96. The number of nitriles is 1. The Morgan fingerprint density at radius 1 is 1.19 bits per heavy atom. The molecule has 0 atom stereocenters. The van der Waals surface area contributed by atoms with E-state index in [0.717, 1.165) is 17.4 Å². The van der Waals surface area contributed by atoms with E-state index in [0.29, 0.717) is 5.56 Å². The van der Waals surface area contributed by atoms with Crippen molar-refractivity contribution in [1.29, 1.82) is 5.26 Å². The molecule has 3 nitrogen and oxygen atoms in total. The van der Waals surface area contributed by atoms with Gasteiger partial charge in [0.1, 0.15) is 0 Å². The molecule has 4 heteroatoms. The first-order chi connectivity index (χ1) is 10.3. The molecule has 0 bridgehead atoms. The van der Waals surface area contributed by atoms with E-state index >= 15 is 0 Å². The summed E-state index contributed by atoms with van der Waals surface area (Å²) >= 11 is 1.75. The van der Waals surface area contributed by atoms with Gasteiger partial charge in [0.2, 0.25) is 0 Å². The van der Waals surface area contributed by atoms with E-state index in [1.165, 1.54) is 15.4 Å². The number of H-pyrrole nitrogens is 1. The van der Waals surface area contributed by atoms with Crippen LogP contribution in [0.5, 0.6) is 0 Å². The van der Waals surface area contributed by atoms with Crippen molar-refractivity contribution >= 4 is 22.7 Å². The van der Waals surface area contributed by atoms with Gasteiger partial charge in [-0.05, 0) is 30.8 Å². The first-order valence-electron chi connectivity index (χ1n) is 6.73. The highest BCUT2D eigenvalue weighted by Crippen LogP contribution is 2.35. The summed E-state index contributed by atoms with van der Waals surface area (Å²) in [5.41, 5.74) is 2.96. The van der Waals surface area contributed by atoms with Gasteiger partial charge in [-0.2, -0.15) is 5.26 Å². The molecule has 0 amide bonds.